The van der Waals surface area contributed by atoms with Gasteiger partial charge in [-0.15, -0.1) is 0 Å². The molecule has 162 valence electrons. The maximum absolute atomic E-state index is 12.8. The molecule has 1 fully saturated rings. The number of piperazine rings is 1. The largest absolute Gasteiger partial charge is 0.416 e. The van der Waals surface area contributed by atoms with E-state index in [0.29, 0.717) is 0 Å². The fraction of sp³-hybridized carbons (Fsp3) is 0.316. The first-order valence-corrected chi connectivity index (χ1v) is 11.1. The predicted molar refractivity (Wildman–Crippen MR) is 107 cm³/mol. The summed E-state index contributed by atoms with van der Waals surface area (Å²) in [5, 5.41) is 0.273. The minimum absolute atomic E-state index is 0.0412. The number of halogens is 5. The van der Waals surface area contributed by atoms with Crippen molar-refractivity contribution in [2.75, 3.05) is 26.2 Å². The molecule has 0 spiro atoms. The van der Waals surface area contributed by atoms with Crippen molar-refractivity contribution < 1.29 is 26.4 Å². The fourth-order valence-electron chi connectivity index (χ4n) is 3.14. The van der Waals surface area contributed by atoms with Crippen molar-refractivity contribution in [3.8, 4) is 0 Å². The second-order valence-electron chi connectivity index (χ2n) is 6.73. The van der Waals surface area contributed by atoms with Crippen molar-refractivity contribution in [1.82, 2.24) is 9.21 Å². The van der Waals surface area contributed by atoms with Crippen molar-refractivity contribution in [1.29, 1.82) is 0 Å². The second kappa shape index (κ2) is 8.74. The molecule has 1 aliphatic heterocycles. The van der Waals surface area contributed by atoms with Crippen LogP contribution in [0.1, 0.15) is 11.1 Å². The average Bonchev–Trinajstić information content (AvgIpc) is 2.69. The van der Waals surface area contributed by atoms with Crippen LogP contribution < -0.4 is 0 Å². The molecular weight excluding hydrogens is 464 g/mol. The van der Waals surface area contributed by atoms with Crippen LogP contribution in [0.5, 0.6) is 0 Å². The molecule has 1 heterocycles. The molecule has 11 heteroatoms. The van der Waals surface area contributed by atoms with Gasteiger partial charge in [-0.05, 0) is 29.8 Å². The number of sulfonamides is 1. The maximum Gasteiger partial charge on any atom is 0.416 e. The number of carbonyl (C=O) groups is 1. The van der Waals surface area contributed by atoms with Crippen LogP contribution in [-0.2, 0) is 27.4 Å². The smallest absolute Gasteiger partial charge is 0.340 e. The van der Waals surface area contributed by atoms with Crippen LogP contribution in [0.25, 0.3) is 0 Å². The normalized spacial score (nSPS) is 16.0. The lowest BCUT2D eigenvalue weighted by Crippen LogP contribution is -2.50. The van der Waals surface area contributed by atoms with E-state index in [0.717, 1.165) is 12.1 Å². The molecule has 1 aliphatic rings. The molecule has 5 nitrogen and oxygen atoms in total. The number of hydrogen-bond acceptors (Lipinski definition) is 3. The summed E-state index contributed by atoms with van der Waals surface area (Å²) >= 11 is 11.9. The first-order valence-electron chi connectivity index (χ1n) is 8.87. The topological polar surface area (TPSA) is 57.7 Å². The van der Waals surface area contributed by atoms with E-state index in [2.05, 4.69) is 0 Å². The summed E-state index contributed by atoms with van der Waals surface area (Å²) < 4.78 is 65.4. The number of nitrogens with zero attached hydrogens (tertiary/aromatic N) is 2. The van der Waals surface area contributed by atoms with Gasteiger partial charge in [0.15, 0.2) is 0 Å². The van der Waals surface area contributed by atoms with Crippen LogP contribution in [0, 0.1) is 0 Å². The van der Waals surface area contributed by atoms with Crippen molar-refractivity contribution in [2.24, 2.45) is 0 Å². The highest BCUT2D eigenvalue weighted by Crippen LogP contribution is 2.30. The number of amides is 1. The third kappa shape index (κ3) is 5.08. The summed E-state index contributed by atoms with van der Waals surface area (Å²) in [6.45, 7) is 0.323. The van der Waals surface area contributed by atoms with Crippen molar-refractivity contribution >= 4 is 39.1 Å². The zero-order valence-electron chi connectivity index (χ0n) is 15.5. The minimum Gasteiger partial charge on any atom is -0.340 e. The Labute approximate surface area is 182 Å². The lowest BCUT2D eigenvalue weighted by molar-refractivity contribution is -0.138. The van der Waals surface area contributed by atoms with Gasteiger partial charge in [0.2, 0.25) is 15.9 Å². The standard InChI is InChI=1S/C19H17Cl2F3N2O3S/c20-15-4-5-16(21)17(12-15)30(28,29)26-8-6-25(7-9-26)18(27)11-13-2-1-3-14(10-13)19(22,23)24/h1-5,10,12H,6-9,11H2. The summed E-state index contributed by atoms with van der Waals surface area (Å²) in [6, 6.07) is 8.74. The number of alkyl halides is 3. The average molecular weight is 481 g/mol. The molecule has 0 aliphatic carbocycles. The summed E-state index contributed by atoms with van der Waals surface area (Å²) in [5.41, 5.74) is -0.572. The van der Waals surface area contributed by atoms with E-state index in [9.17, 15) is 26.4 Å². The molecule has 0 saturated carbocycles. The minimum atomic E-state index is -4.49. The van der Waals surface area contributed by atoms with Crippen LogP contribution in [0.15, 0.2) is 47.4 Å². The second-order valence-corrected chi connectivity index (χ2v) is 9.48. The van der Waals surface area contributed by atoms with E-state index in [4.69, 9.17) is 23.2 Å². The third-order valence-corrected chi connectivity index (χ3v) is 7.33. The van der Waals surface area contributed by atoms with Gasteiger partial charge in [-0.1, -0.05) is 41.4 Å². The Morgan fingerprint density at radius 3 is 2.30 bits per heavy atom. The molecule has 30 heavy (non-hydrogen) atoms. The monoisotopic (exact) mass is 480 g/mol. The zero-order valence-corrected chi connectivity index (χ0v) is 17.8. The Bertz CT molecular complexity index is 1050. The molecular formula is C19H17Cl2F3N2O3S. The van der Waals surface area contributed by atoms with Crippen LogP contribution in [0.4, 0.5) is 13.2 Å². The summed E-state index contributed by atoms with van der Waals surface area (Å²) in [4.78, 5) is 13.8. The molecule has 3 rings (SSSR count). The van der Waals surface area contributed by atoms with Crippen LogP contribution >= 0.6 is 23.2 Å². The first-order chi connectivity index (χ1) is 14.0. The first kappa shape index (κ1) is 22.9. The Hall–Kier alpha value is -1.81. The fourth-order valence-corrected chi connectivity index (χ4v) is 5.30. The molecule has 0 N–H and O–H groups in total. The molecule has 1 amide bonds. The summed E-state index contributed by atoms with van der Waals surface area (Å²) in [6.07, 6.45) is -4.68. The van der Waals surface area contributed by atoms with Gasteiger partial charge in [0, 0.05) is 31.2 Å². The lowest BCUT2D eigenvalue weighted by atomic mass is 10.1. The van der Waals surface area contributed by atoms with E-state index >= 15 is 0 Å². The van der Waals surface area contributed by atoms with E-state index in [1.54, 1.807) is 0 Å². The van der Waals surface area contributed by atoms with Gasteiger partial charge in [-0.25, -0.2) is 8.42 Å². The van der Waals surface area contributed by atoms with Gasteiger partial charge in [0.05, 0.1) is 17.0 Å². The Morgan fingerprint density at radius 2 is 1.67 bits per heavy atom. The molecule has 0 atom stereocenters. The van der Waals surface area contributed by atoms with E-state index < -0.39 is 21.8 Å². The maximum atomic E-state index is 12.8. The number of hydrogen-bond donors (Lipinski definition) is 0. The van der Waals surface area contributed by atoms with E-state index in [1.807, 2.05) is 0 Å². The number of rotatable bonds is 4. The van der Waals surface area contributed by atoms with Crippen LogP contribution in [0.2, 0.25) is 10.0 Å². The molecule has 1 saturated heterocycles. The van der Waals surface area contributed by atoms with Crippen molar-refractivity contribution in [2.45, 2.75) is 17.5 Å². The Kier molecular flexibility index (Phi) is 6.66. The van der Waals surface area contributed by atoms with Gasteiger partial charge in [0.1, 0.15) is 4.90 Å². The third-order valence-electron chi connectivity index (χ3n) is 4.71. The van der Waals surface area contributed by atoms with Gasteiger partial charge >= 0.3 is 6.18 Å². The van der Waals surface area contributed by atoms with Crippen molar-refractivity contribution in [3.05, 3.63) is 63.6 Å². The molecule has 0 aromatic heterocycles. The quantitative estimate of drug-likeness (QED) is 0.662. The predicted octanol–water partition coefficient (Wildman–Crippen LogP) is 4.09. The van der Waals surface area contributed by atoms with Gasteiger partial charge in [0.25, 0.3) is 0 Å². The highest BCUT2D eigenvalue weighted by molar-refractivity contribution is 7.89. The number of carbonyl (C=O) groups excluding carboxylic acids is 1. The SMILES string of the molecule is O=C(Cc1cccc(C(F)(F)F)c1)N1CCN(S(=O)(=O)c2cc(Cl)ccc2Cl)CC1. The van der Waals surface area contributed by atoms with Crippen LogP contribution in [-0.4, -0.2) is 49.7 Å². The molecule has 0 radical (unpaired) electrons. The molecule has 0 unspecified atom stereocenters. The van der Waals surface area contributed by atoms with E-state index in [-0.39, 0.29) is 59.0 Å². The summed E-state index contributed by atoms with van der Waals surface area (Å²) in [7, 11) is -3.89. The zero-order chi connectivity index (χ0) is 22.1. The van der Waals surface area contributed by atoms with Crippen molar-refractivity contribution in [3.63, 3.8) is 0 Å². The van der Waals surface area contributed by atoms with Gasteiger partial charge in [-0.2, -0.15) is 17.5 Å². The van der Waals surface area contributed by atoms with Gasteiger partial charge < -0.3 is 4.90 Å². The number of benzene rings is 2. The molecule has 2 aromatic carbocycles. The molecule has 0 bridgehead atoms. The van der Waals surface area contributed by atoms with Crippen LogP contribution in [0.3, 0.4) is 0 Å². The van der Waals surface area contributed by atoms with Gasteiger partial charge in [-0.3, -0.25) is 4.79 Å². The Balaban J connectivity index is 1.65. The highest BCUT2D eigenvalue weighted by atomic mass is 35.5. The lowest BCUT2D eigenvalue weighted by Gasteiger charge is -2.34. The highest BCUT2D eigenvalue weighted by Gasteiger charge is 2.33. The summed E-state index contributed by atoms with van der Waals surface area (Å²) in [5.74, 6) is -0.368. The molecule has 2 aromatic rings. The van der Waals surface area contributed by atoms with E-state index in [1.165, 1.54) is 39.5 Å². The Morgan fingerprint density at radius 1 is 1.00 bits per heavy atom.